The second-order valence-electron chi connectivity index (χ2n) is 5.92. The fraction of sp³-hybridized carbons (Fsp3) is 0.667. The molecule has 7 nitrogen and oxygen atoms in total. The van der Waals surface area contributed by atoms with Gasteiger partial charge in [-0.05, 0) is 13.3 Å². The minimum Gasteiger partial charge on any atom is -0.464 e. The van der Waals surface area contributed by atoms with Gasteiger partial charge in [-0.3, -0.25) is 14.5 Å². The number of rotatable bonds is 4. The average molecular weight is 307 g/mol. The van der Waals surface area contributed by atoms with E-state index < -0.39 is 0 Å². The zero-order chi connectivity index (χ0) is 15.7. The second kappa shape index (κ2) is 6.08. The summed E-state index contributed by atoms with van der Waals surface area (Å²) in [6, 6.07) is -0.0686. The van der Waals surface area contributed by atoms with Crippen molar-refractivity contribution in [2.45, 2.75) is 45.3 Å². The summed E-state index contributed by atoms with van der Waals surface area (Å²) in [5.41, 5.74) is 0. The highest BCUT2D eigenvalue weighted by Gasteiger charge is 2.39. The molecule has 7 heteroatoms. The van der Waals surface area contributed by atoms with Gasteiger partial charge in [0.15, 0.2) is 0 Å². The Kier molecular flexibility index (Phi) is 4.15. The van der Waals surface area contributed by atoms with Crippen molar-refractivity contribution < 1.29 is 18.7 Å². The first-order chi connectivity index (χ1) is 10.5. The van der Waals surface area contributed by atoms with Crippen LogP contribution in [0.5, 0.6) is 0 Å². The molecule has 0 spiro atoms. The van der Waals surface area contributed by atoms with Crippen LogP contribution in [0, 0.1) is 6.92 Å². The molecular formula is C15H21N3O4. The summed E-state index contributed by atoms with van der Waals surface area (Å²) in [6.45, 7) is 5.76. The van der Waals surface area contributed by atoms with Crippen LogP contribution in [0.3, 0.4) is 0 Å². The summed E-state index contributed by atoms with van der Waals surface area (Å²) in [7, 11) is 0. The van der Waals surface area contributed by atoms with Gasteiger partial charge in [0.1, 0.15) is 11.8 Å². The van der Waals surface area contributed by atoms with Crippen LogP contribution in [0.25, 0.3) is 0 Å². The molecule has 2 aliphatic rings. The lowest BCUT2D eigenvalue weighted by molar-refractivity contribution is -0.142. The highest BCUT2D eigenvalue weighted by atomic mass is 16.5. The lowest BCUT2D eigenvalue weighted by Gasteiger charge is -2.27. The Bertz CT molecular complexity index is 571. The third kappa shape index (κ3) is 2.99. The summed E-state index contributed by atoms with van der Waals surface area (Å²) in [5, 5.41) is 0. The van der Waals surface area contributed by atoms with Crippen molar-refractivity contribution in [1.29, 1.82) is 0 Å². The van der Waals surface area contributed by atoms with E-state index in [9.17, 15) is 9.59 Å². The van der Waals surface area contributed by atoms with E-state index in [1.54, 1.807) is 18.0 Å². The molecule has 0 N–H and O–H groups in total. The lowest BCUT2D eigenvalue weighted by atomic mass is 10.2. The van der Waals surface area contributed by atoms with Gasteiger partial charge < -0.3 is 14.1 Å². The molecule has 1 amide bonds. The number of nitrogens with zero attached hydrogens (tertiary/aromatic N) is 3. The molecule has 22 heavy (non-hydrogen) atoms. The smallest absolute Gasteiger partial charge is 0.323 e. The van der Waals surface area contributed by atoms with E-state index in [1.807, 2.05) is 6.92 Å². The number of hydrogen-bond donors (Lipinski definition) is 0. The van der Waals surface area contributed by atoms with Gasteiger partial charge in [0.2, 0.25) is 11.8 Å². The van der Waals surface area contributed by atoms with Gasteiger partial charge in [-0.15, -0.1) is 0 Å². The number of likely N-dealkylation sites (tertiary alicyclic amines) is 1. The summed E-state index contributed by atoms with van der Waals surface area (Å²) < 4.78 is 10.5. The van der Waals surface area contributed by atoms with E-state index in [4.69, 9.17) is 9.15 Å². The molecule has 0 aromatic carbocycles. The molecule has 2 fully saturated rings. The van der Waals surface area contributed by atoms with Crippen molar-refractivity contribution in [3.05, 3.63) is 17.8 Å². The van der Waals surface area contributed by atoms with Crippen molar-refractivity contribution in [3.8, 4) is 0 Å². The fourth-order valence-corrected chi connectivity index (χ4v) is 3.24. The second-order valence-corrected chi connectivity index (χ2v) is 5.92. The topological polar surface area (TPSA) is 75.9 Å². The van der Waals surface area contributed by atoms with Crippen LogP contribution in [-0.2, 0) is 20.9 Å². The number of aromatic nitrogens is 1. The zero-order valence-electron chi connectivity index (χ0n) is 12.9. The number of aryl methyl sites for hydroxylation is 1. The number of esters is 1. The van der Waals surface area contributed by atoms with Crippen molar-refractivity contribution in [1.82, 2.24) is 14.8 Å². The van der Waals surface area contributed by atoms with Crippen LogP contribution in [0.2, 0.25) is 0 Å². The number of cyclic esters (lactones) is 1. The van der Waals surface area contributed by atoms with E-state index in [0.717, 1.165) is 25.1 Å². The Morgan fingerprint density at radius 3 is 2.91 bits per heavy atom. The molecule has 0 saturated carbocycles. The largest absolute Gasteiger partial charge is 0.464 e. The first kappa shape index (κ1) is 15.0. The third-order valence-corrected chi connectivity index (χ3v) is 4.36. The maximum atomic E-state index is 12.0. The van der Waals surface area contributed by atoms with Crippen molar-refractivity contribution in [2.24, 2.45) is 0 Å². The predicted molar refractivity (Wildman–Crippen MR) is 76.8 cm³/mol. The third-order valence-electron chi connectivity index (χ3n) is 4.36. The molecule has 0 radical (unpaired) electrons. The summed E-state index contributed by atoms with van der Waals surface area (Å²) in [5.74, 6) is 1.14. The molecule has 2 atom stereocenters. The molecule has 3 rings (SSSR count). The Hall–Kier alpha value is -1.89. The van der Waals surface area contributed by atoms with Gasteiger partial charge in [-0.25, -0.2) is 4.98 Å². The van der Waals surface area contributed by atoms with Gasteiger partial charge in [-0.1, -0.05) is 0 Å². The van der Waals surface area contributed by atoms with Crippen molar-refractivity contribution in [2.75, 3.05) is 19.7 Å². The number of oxazole rings is 1. The Labute approximate surface area is 129 Å². The van der Waals surface area contributed by atoms with Crippen LogP contribution in [0.1, 0.15) is 31.4 Å². The monoisotopic (exact) mass is 307 g/mol. The number of carbonyl (C=O) groups is 2. The van der Waals surface area contributed by atoms with E-state index in [0.29, 0.717) is 25.6 Å². The number of ether oxygens (including phenoxy) is 1. The molecule has 0 unspecified atom stereocenters. The molecule has 2 saturated heterocycles. The SMILES string of the molecule is CC(=O)N(Cc1ncc(C)o1)[C@@H]1CCN([C@H]2CCOC2=O)C1. The van der Waals surface area contributed by atoms with Crippen molar-refractivity contribution in [3.63, 3.8) is 0 Å². The minimum atomic E-state index is -0.150. The maximum Gasteiger partial charge on any atom is 0.323 e. The van der Waals surface area contributed by atoms with Crippen LogP contribution < -0.4 is 0 Å². The number of amides is 1. The first-order valence-electron chi connectivity index (χ1n) is 7.64. The molecule has 1 aromatic heterocycles. The summed E-state index contributed by atoms with van der Waals surface area (Å²) in [4.78, 5) is 31.8. The maximum absolute atomic E-state index is 12.0. The fourth-order valence-electron chi connectivity index (χ4n) is 3.24. The normalized spacial score (nSPS) is 25.5. The Morgan fingerprint density at radius 1 is 1.50 bits per heavy atom. The summed E-state index contributed by atoms with van der Waals surface area (Å²) in [6.07, 6.45) is 3.25. The molecular weight excluding hydrogens is 286 g/mol. The van der Waals surface area contributed by atoms with Crippen LogP contribution in [-0.4, -0.2) is 58.4 Å². The average Bonchev–Trinajstić information content (AvgIpc) is 3.16. The van der Waals surface area contributed by atoms with Crippen LogP contribution in [0.4, 0.5) is 0 Å². The van der Waals surface area contributed by atoms with Gasteiger partial charge in [-0.2, -0.15) is 0 Å². The Morgan fingerprint density at radius 2 is 2.32 bits per heavy atom. The zero-order valence-corrected chi connectivity index (χ0v) is 12.9. The molecule has 3 heterocycles. The molecule has 2 aliphatic heterocycles. The predicted octanol–water partition coefficient (Wildman–Crippen LogP) is 0.721. The summed E-state index contributed by atoms with van der Waals surface area (Å²) >= 11 is 0. The molecule has 0 bridgehead atoms. The first-order valence-corrected chi connectivity index (χ1v) is 7.64. The van der Waals surface area contributed by atoms with Gasteiger partial charge in [0.25, 0.3) is 0 Å². The Balaban J connectivity index is 1.65. The van der Waals surface area contributed by atoms with Gasteiger partial charge in [0, 0.05) is 32.5 Å². The standard InChI is InChI=1S/C15H21N3O4/c1-10-7-16-14(22-10)9-18(11(2)19)12-3-5-17(8-12)13-4-6-21-15(13)20/h7,12-13H,3-6,8-9H2,1-2H3/t12-,13+/m1/s1. The van der Waals surface area contributed by atoms with E-state index in [2.05, 4.69) is 9.88 Å². The molecule has 0 aliphatic carbocycles. The highest BCUT2D eigenvalue weighted by Crippen LogP contribution is 2.24. The van der Waals surface area contributed by atoms with Crippen molar-refractivity contribution >= 4 is 11.9 Å². The highest BCUT2D eigenvalue weighted by molar-refractivity contribution is 5.77. The minimum absolute atomic E-state index is 0.00305. The lowest BCUT2D eigenvalue weighted by Crippen LogP contribution is -2.43. The van der Waals surface area contributed by atoms with Gasteiger partial charge >= 0.3 is 5.97 Å². The van der Waals surface area contributed by atoms with E-state index >= 15 is 0 Å². The quantitative estimate of drug-likeness (QED) is 0.763. The van der Waals surface area contributed by atoms with Gasteiger partial charge in [0.05, 0.1) is 19.3 Å². The number of hydrogen-bond acceptors (Lipinski definition) is 6. The molecule has 120 valence electrons. The number of carbonyl (C=O) groups excluding carboxylic acids is 2. The van der Waals surface area contributed by atoms with E-state index in [1.165, 1.54) is 0 Å². The molecule has 1 aromatic rings. The van der Waals surface area contributed by atoms with Crippen LogP contribution >= 0.6 is 0 Å². The van der Waals surface area contributed by atoms with E-state index in [-0.39, 0.29) is 24.0 Å². The van der Waals surface area contributed by atoms with Crippen LogP contribution in [0.15, 0.2) is 10.6 Å².